The lowest BCUT2D eigenvalue weighted by atomic mass is 9.99. The summed E-state index contributed by atoms with van der Waals surface area (Å²) >= 11 is 0. The zero-order valence-corrected chi connectivity index (χ0v) is 13.8. The molecule has 1 saturated heterocycles. The third-order valence-electron chi connectivity index (χ3n) is 4.48. The molecule has 0 spiro atoms. The maximum absolute atomic E-state index is 12.8. The molecular formula is C17H19F3N4O. The Balaban J connectivity index is 1.79. The molecule has 1 unspecified atom stereocenters. The molecule has 1 aromatic heterocycles. The summed E-state index contributed by atoms with van der Waals surface area (Å²) in [6.45, 7) is 0.579. The fourth-order valence-electron chi connectivity index (χ4n) is 3.23. The van der Waals surface area contributed by atoms with Crippen LogP contribution in [-0.2, 0) is 24.4 Å². The van der Waals surface area contributed by atoms with E-state index in [1.54, 1.807) is 21.9 Å². The summed E-state index contributed by atoms with van der Waals surface area (Å²) < 4.78 is 40.3. The molecule has 1 aliphatic rings. The molecule has 2 heterocycles. The van der Waals surface area contributed by atoms with Crippen LogP contribution in [0.15, 0.2) is 30.6 Å². The van der Waals surface area contributed by atoms with Gasteiger partial charge in [0.15, 0.2) is 5.82 Å². The van der Waals surface area contributed by atoms with Gasteiger partial charge in [-0.1, -0.05) is 18.2 Å². The summed E-state index contributed by atoms with van der Waals surface area (Å²) in [4.78, 5) is 14.4. The molecule has 0 saturated carbocycles. The highest BCUT2D eigenvalue weighted by Crippen LogP contribution is 2.31. The molecule has 8 heteroatoms. The first-order chi connectivity index (χ1) is 11.9. The number of carbonyl (C=O) groups excluding carboxylic acids is 1. The van der Waals surface area contributed by atoms with Crippen LogP contribution >= 0.6 is 0 Å². The van der Waals surface area contributed by atoms with Gasteiger partial charge in [-0.25, -0.2) is 0 Å². The highest BCUT2D eigenvalue weighted by atomic mass is 19.4. The molecular weight excluding hydrogens is 333 g/mol. The Kier molecular flexibility index (Phi) is 4.78. The quantitative estimate of drug-likeness (QED) is 0.853. The molecule has 1 atom stereocenters. The van der Waals surface area contributed by atoms with Crippen molar-refractivity contribution in [1.29, 1.82) is 0 Å². The highest BCUT2D eigenvalue weighted by Gasteiger charge is 2.32. The van der Waals surface area contributed by atoms with Crippen LogP contribution < -0.4 is 0 Å². The minimum Gasteiger partial charge on any atom is -0.332 e. The number of aryl methyl sites for hydroxylation is 1. The predicted molar refractivity (Wildman–Crippen MR) is 84.5 cm³/mol. The fourth-order valence-corrected chi connectivity index (χ4v) is 3.23. The summed E-state index contributed by atoms with van der Waals surface area (Å²) in [5.41, 5.74) is -0.372. The number of aromatic nitrogens is 3. The number of hydrogen-bond donors (Lipinski definition) is 0. The number of benzene rings is 1. The number of nitrogens with zero attached hydrogens (tertiary/aromatic N) is 4. The van der Waals surface area contributed by atoms with Gasteiger partial charge >= 0.3 is 6.18 Å². The van der Waals surface area contributed by atoms with Gasteiger partial charge in [-0.05, 0) is 30.9 Å². The molecule has 1 aliphatic heterocycles. The van der Waals surface area contributed by atoms with Crippen LogP contribution in [-0.4, -0.2) is 32.1 Å². The Labute approximate surface area is 143 Å². The minimum atomic E-state index is -4.41. The van der Waals surface area contributed by atoms with Crippen LogP contribution in [0.1, 0.15) is 42.3 Å². The number of carbonyl (C=O) groups is 1. The maximum Gasteiger partial charge on any atom is 0.416 e. The van der Waals surface area contributed by atoms with E-state index in [4.69, 9.17) is 0 Å². The standard InChI is InChI=1S/C17H19F3N4O/c1-23-11-21-22-16(23)14-7-2-3-8-24(14)15(25)10-12-5-4-6-13(9-12)17(18,19)20/h4-6,9,11,14H,2-3,7-8,10H2,1H3. The summed E-state index contributed by atoms with van der Waals surface area (Å²) in [5, 5.41) is 7.96. The molecule has 1 amide bonds. The highest BCUT2D eigenvalue weighted by molar-refractivity contribution is 5.79. The Morgan fingerprint density at radius 2 is 2.12 bits per heavy atom. The number of likely N-dealkylation sites (tertiary alicyclic amines) is 1. The van der Waals surface area contributed by atoms with Crippen molar-refractivity contribution in [1.82, 2.24) is 19.7 Å². The predicted octanol–water partition coefficient (Wildman–Crippen LogP) is 3.13. The van der Waals surface area contributed by atoms with E-state index in [2.05, 4.69) is 10.2 Å². The van der Waals surface area contributed by atoms with E-state index in [0.29, 0.717) is 17.9 Å². The number of alkyl halides is 3. The smallest absolute Gasteiger partial charge is 0.332 e. The van der Waals surface area contributed by atoms with Gasteiger partial charge in [0.25, 0.3) is 0 Å². The van der Waals surface area contributed by atoms with Crippen molar-refractivity contribution in [2.75, 3.05) is 6.54 Å². The lowest BCUT2D eigenvalue weighted by Gasteiger charge is -2.35. The Morgan fingerprint density at radius 3 is 2.80 bits per heavy atom. The lowest BCUT2D eigenvalue weighted by Crippen LogP contribution is -2.40. The van der Waals surface area contributed by atoms with Crippen LogP contribution in [0.3, 0.4) is 0 Å². The van der Waals surface area contributed by atoms with Gasteiger partial charge in [0.05, 0.1) is 18.0 Å². The van der Waals surface area contributed by atoms with E-state index in [1.807, 2.05) is 7.05 Å². The van der Waals surface area contributed by atoms with Crippen molar-refractivity contribution in [2.24, 2.45) is 7.05 Å². The second kappa shape index (κ2) is 6.85. The number of piperidine rings is 1. The molecule has 1 aromatic carbocycles. The van der Waals surface area contributed by atoms with E-state index < -0.39 is 11.7 Å². The molecule has 0 radical (unpaired) electrons. The van der Waals surface area contributed by atoms with Crippen molar-refractivity contribution in [3.63, 3.8) is 0 Å². The maximum atomic E-state index is 12.8. The SMILES string of the molecule is Cn1cnnc1C1CCCCN1C(=O)Cc1cccc(C(F)(F)F)c1. The van der Waals surface area contributed by atoms with Crippen molar-refractivity contribution in [3.8, 4) is 0 Å². The summed E-state index contributed by atoms with van der Waals surface area (Å²) in [6, 6.07) is 4.76. The van der Waals surface area contributed by atoms with Crippen LogP contribution in [0, 0.1) is 0 Å². The summed E-state index contributed by atoms with van der Waals surface area (Å²) in [7, 11) is 1.82. The van der Waals surface area contributed by atoms with Crippen molar-refractivity contribution in [2.45, 2.75) is 37.9 Å². The topological polar surface area (TPSA) is 51.0 Å². The lowest BCUT2D eigenvalue weighted by molar-refractivity contribution is -0.138. The van der Waals surface area contributed by atoms with Crippen molar-refractivity contribution >= 4 is 5.91 Å². The van der Waals surface area contributed by atoms with Gasteiger partial charge in [-0.2, -0.15) is 13.2 Å². The third-order valence-corrected chi connectivity index (χ3v) is 4.48. The van der Waals surface area contributed by atoms with Gasteiger partial charge in [-0.15, -0.1) is 10.2 Å². The van der Waals surface area contributed by atoms with Crippen LogP contribution in [0.5, 0.6) is 0 Å². The molecule has 5 nitrogen and oxygen atoms in total. The molecule has 25 heavy (non-hydrogen) atoms. The van der Waals surface area contributed by atoms with Gasteiger partial charge in [-0.3, -0.25) is 4.79 Å². The molecule has 0 N–H and O–H groups in total. The number of rotatable bonds is 3. The average molecular weight is 352 g/mol. The van der Waals surface area contributed by atoms with E-state index in [-0.39, 0.29) is 18.4 Å². The molecule has 0 aliphatic carbocycles. The number of halogens is 3. The van der Waals surface area contributed by atoms with Crippen molar-refractivity contribution < 1.29 is 18.0 Å². The molecule has 2 aromatic rings. The van der Waals surface area contributed by atoms with E-state index in [1.165, 1.54) is 6.07 Å². The Morgan fingerprint density at radius 1 is 1.32 bits per heavy atom. The fraction of sp³-hybridized carbons (Fsp3) is 0.471. The van der Waals surface area contributed by atoms with Crippen molar-refractivity contribution in [3.05, 3.63) is 47.5 Å². The largest absolute Gasteiger partial charge is 0.416 e. The zero-order valence-electron chi connectivity index (χ0n) is 13.8. The average Bonchev–Trinajstić information content (AvgIpc) is 3.00. The summed E-state index contributed by atoms with van der Waals surface area (Å²) in [6.07, 6.45) is -0.253. The van der Waals surface area contributed by atoms with Crippen LogP contribution in [0.25, 0.3) is 0 Å². The molecule has 1 fully saturated rings. The van der Waals surface area contributed by atoms with E-state index >= 15 is 0 Å². The first-order valence-corrected chi connectivity index (χ1v) is 8.16. The minimum absolute atomic E-state index is 0.0573. The molecule has 134 valence electrons. The molecule has 3 rings (SSSR count). The number of amides is 1. The number of hydrogen-bond acceptors (Lipinski definition) is 3. The van der Waals surface area contributed by atoms with Crippen LogP contribution in [0.2, 0.25) is 0 Å². The zero-order chi connectivity index (χ0) is 18.0. The second-order valence-corrected chi connectivity index (χ2v) is 6.27. The van der Waals surface area contributed by atoms with Gasteiger partial charge < -0.3 is 9.47 Å². The Hall–Kier alpha value is -2.38. The van der Waals surface area contributed by atoms with Gasteiger partial charge in [0.1, 0.15) is 6.33 Å². The van der Waals surface area contributed by atoms with Crippen LogP contribution in [0.4, 0.5) is 13.2 Å². The molecule has 0 bridgehead atoms. The van der Waals surface area contributed by atoms with E-state index in [0.717, 1.165) is 31.4 Å². The third kappa shape index (κ3) is 3.83. The van der Waals surface area contributed by atoms with Gasteiger partial charge in [0, 0.05) is 13.6 Å². The monoisotopic (exact) mass is 352 g/mol. The summed E-state index contributed by atoms with van der Waals surface area (Å²) in [5.74, 6) is 0.518. The first-order valence-electron chi connectivity index (χ1n) is 8.16. The second-order valence-electron chi connectivity index (χ2n) is 6.27. The first kappa shape index (κ1) is 17.4. The Bertz CT molecular complexity index is 756. The van der Waals surface area contributed by atoms with E-state index in [9.17, 15) is 18.0 Å². The van der Waals surface area contributed by atoms with Gasteiger partial charge in [0.2, 0.25) is 5.91 Å². The normalized spacial score (nSPS) is 18.4.